The smallest absolute Gasteiger partial charge is 0.416 e. The van der Waals surface area contributed by atoms with E-state index in [0.717, 1.165) is 12.1 Å². The van der Waals surface area contributed by atoms with Crippen LogP contribution >= 0.6 is 0 Å². The molecule has 0 unspecified atom stereocenters. The minimum atomic E-state index is -4.54. The molecule has 7 nitrogen and oxygen atoms in total. The maximum absolute atomic E-state index is 15.5. The van der Waals surface area contributed by atoms with Gasteiger partial charge >= 0.3 is 12.1 Å². The van der Waals surface area contributed by atoms with Crippen LogP contribution in [-0.2, 0) is 20.5 Å². The fraction of sp³-hybridized carbons (Fsp3) is 0.680. The summed E-state index contributed by atoms with van der Waals surface area (Å²) >= 11 is 0. The average molecular weight is 516 g/mol. The van der Waals surface area contributed by atoms with Crippen molar-refractivity contribution in [3.8, 4) is 0 Å². The lowest BCUT2D eigenvalue weighted by atomic mass is 9.86. The van der Waals surface area contributed by atoms with Crippen molar-refractivity contribution in [2.24, 2.45) is 11.8 Å². The Balaban J connectivity index is 1.65. The highest BCUT2D eigenvalue weighted by atomic mass is 19.4. The molecule has 1 aromatic carbocycles. The number of carbonyl (C=O) groups excluding carboxylic acids is 1. The number of ether oxygens (including phenoxy) is 1. The first-order chi connectivity index (χ1) is 16.9. The van der Waals surface area contributed by atoms with E-state index in [-0.39, 0.29) is 44.5 Å². The molecule has 3 heterocycles. The molecular formula is C25H33F4N3O4. The highest BCUT2D eigenvalue weighted by molar-refractivity contribution is 5.86. The Morgan fingerprint density at radius 3 is 2.42 bits per heavy atom. The third-order valence-electron chi connectivity index (χ3n) is 7.84. The second-order valence-corrected chi connectivity index (χ2v) is 10.4. The van der Waals surface area contributed by atoms with Crippen molar-refractivity contribution >= 4 is 17.6 Å². The number of carboxylic acid groups (broad SMARTS) is 1. The summed E-state index contributed by atoms with van der Waals surface area (Å²) in [6.07, 6.45) is -3.76. The maximum atomic E-state index is 15.5. The van der Waals surface area contributed by atoms with Crippen LogP contribution < -0.4 is 4.90 Å². The van der Waals surface area contributed by atoms with Crippen LogP contribution in [0.25, 0.3) is 0 Å². The predicted molar refractivity (Wildman–Crippen MR) is 125 cm³/mol. The average Bonchev–Trinajstić information content (AvgIpc) is 3.41. The van der Waals surface area contributed by atoms with Crippen molar-refractivity contribution in [1.29, 1.82) is 0 Å². The molecule has 0 radical (unpaired) electrons. The van der Waals surface area contributed by atoms with Crippen molar-refractivity contribution < 1.29 is 37.0 Å². The maximum Gasteiger partial charge on any atom is 0.416 e. The molecule has 0 aromatic heterocycles. The first kappa shape index (κ1) is 26.7. The molecule has 11 heteroatoms. The van der Waals surface area contributed by atoms with Gasteiger partial charge in [-0.3, -0.25) is 9.59 Å². The standard InChI is InChI=1S/C25H33F4N3O4/c1-30-10-7-24(26,15-30)23(35)32-12-17(14-36-2)20(13-32)19-4-3-18(25(27,28)29)11-21(19)31-8-5-16(6-9-31)22(33)34/h3-4,11,16-17,20H,5-10,12-15H2,1-2H3,(H,33,34)/t17-,20+,24-/m1/s1. The molecule has 0 saturated carbocycles. The fourth-order valence-corrected chi connectivity index (χ4v) is 5.86. The van der Waals surface area contributed by atoms with E-state index in [9.17, 15) is 27.9 Å². The van der Waals surface area contributed by atoms with Crippen molar-refractivity contribution in [2.45, 2.75) is 37.0 Å². The molecule has 4 rings (SSSR count). The zero-order valence-corrected chi connectivity index (χ0v) is 20.6. The number of carbonyl (C=O) groups is 2. The van der Waals surface area contributed by atoms with E-state index in [1.165, 1.54) is 18.1 Å². The van der Waals surface area contributed by atoms with E-state index in [1.54, 1.807) is 16.8 Å². The largest absolute Gasteiger partial charge is 0.481 e. The number of alkyl halides is 4. The Kier molecular flexibility index (Phi) is 7.52. The van der Waals surface area contributed by atoms with E-state index in [4.69, 9.17) is 4.74 Å². The lowest BCUT2D eigenvalue weighted by molar-refractivity contribution is -0.143. The van der Waals surface area contributed by atoms with Crippen molar-refractivity contribution in [2.75, 3.05) is 64.9 Å². The molecule has 0 bridgehead atoms. The first-order valence-corrected chi connectivity index (χ1v) is 12.3. The van der Waals surface area contributed by atoms with Gasteiger partial charge in [0.1, 0.15) is 0 Å². The monoisotopic (exact) mass is 515 g/mol. The van der Waals surface area contributed by atoms with Crippen LogP contribution in [0, 0.1) is 11.8 Å². The third kappa shape index (κ3) is 5.32. The number of nitrogens with zero attached hydrogens (tertiary/aromatic N) is 3. The van der Waals surface area contributed by atoms with Crippen LogP contribution in [0.5, 0.6) is 0 Å². The number of benzene rings is 1. The number of carboxylic acids is 1. The Morgan fingerprint density at radius 2 is 1.86 bits per heavy atom. The molecule has 3 fully saturated rings. The molecule has 200 valence electrons. The molecule has 1 aromatic rings. The van der Waals surface area contributed by atoms with E-state index in [1.807, 2.05) is 0 Å². The summed E-state index contributed by atoms with van der Waals surface area (Å²) in [7, 11) is 3.28. The number of hydrogen-bond donors (Lipinski definition) is 1. The predicted octanol–water partition coefficient (Wildman–Crippen LogP) is 3.24. The first-order valence-electron chi connectivity index (χ1n) is 12.3. The summed E-state index contributed by atoms with van der Waals surface area (Å²) < 4.78 is 61.7. The summed E-state index contributed by atoms with van der Waals surface area (Å²) in [5.41, 5.74) is -1.72. The third-order valence-corrected chi connectivity index (χ3v) is 7.84. The summed E-state index contributed by atoms with van der Waals surface area (Å²) in [6.45, 7) is 1.85. The van der Waals surface area contributed by atoms with Crippen LogP contribution in [0.3, 0.4) is 0 Å². The van der Waals surface area contributed by atoms with Crippen molar-refractivity contribution in [3.05, 3.63) is 29.3 Å². The SMILES string of the molecule is COC[C@H]1CN(C(=O)[C@@]2(F)CCN(C)C2)C[C@@H]1c1ccc(C(F)(F)F)cc1N1CCC(C(=O)O)CC1. The van der Waals surface area contributed by atoms with Crippen LogP contribution in [0.1, 0.15) is 36.3 Å². The van der Waals surface area contributed by atoms with Crippen LogP contribution in [-0.4, -0.2) is 92.5 Å². The number of hydrogen-bond acceptors (Lipinski definition) is 5. The second kappa shape index (κ2) is 10.2. The zero-order chi connectivity index (χ0) is 26.3. The van der Waals surface area contributed by atoms with Crippen LogP contribution in [0.2, 0.25) is 0 Å². The fourth-order valence-electron chi connectivity index (χ4n) is 5.86. The Labute approximate surface area is 208 Å². The van der Waals surface area contributed by atoms with Gasteiger partial charge in [0.25, 0.3) is 5.91 Å². The lowest BCUT2D eigenvalue weighted by Crippen LogP contribution is -2.47. The Hall–Kier alpha value is -2.40. The van der Waals surface area contributed by atoms with Gasteiger partial charge in [0, 0.05) is 70.3 Å². The van der Waals surface area contributed by atoms with Crippen LogP contribution in [0.15, 0.2) is 18.2 Å². The molecule has 1 amide bonds. The Bertz CT molecular complexity index is 983. The van der Waals surface area contributed by atoms with Crippen molar-refractivity contribution in [1.82, 2.24) is 9.80 Å². The zero-order valence-electron chi connectivity index (χ0n) is 20.6. The van der Waals surface area contributed by atoms with Gasteiger partial charge in [-0.15, -0.1) is 0 Å². The quantitative estimate of drug-likeness (QED) is 0.587. The lowest BCUT2D eigenvalue weighted by Gasteiger charge is -2.35. The number of rotatable bonds is 6. The van der Waals surface area contributed by atoms with E-state index >= 15 is 4.39 Å². The molecule has 36 heavy (non-hydrogen) atoms. The van der Waals surface area contributed by atoms with Gasteiger partial charge in [0.2, 0.25) is 5.67 Å². The van der Waals surface area contributed by atoms with Crippen molar-refractivity contribution in [3.63, 3.8) is 0 Å². The van der Waals surface area contributed by atoms with Crippen LogP contribution in [0.4, 0.5) is 23.2 Å². The number of piperidine rings is 1. The van der Waals surface area contributed by atoms with E-state index in [0.29, 0.717) is 43.7 Å². The molecule has 1 N–H and O–H groups in total. The summed E-state index contributed by atoms with van der Waals surface area (Å²) in [5.74, 6) is -2.56. The summed E-state index contributed by atoms with van der Waals surface area (Å²) in [6, 6.07) is 3.62. The van der Waals surface area contributed by atoms with Gasteiger partial charge < -0.3 is 24.5 Å². The highest BCUT2D eigenvalue weighted by Crippen LogP contribution is 2.43. The molecule has 3 atom stereocenters. The minimum Gasteiger partial charge on any atom is -0.481 e. The van der Waals surface area contributed by atoms with Gasteiger partial charge in [0.15, 0.2) is 0 Å². The molecule has 0 spiro atoms. The molecular weight excluding hydrogens is 482 g/mol. The number of aliphatic carboxylic acids is 1. The van der Waals surface area contributed by atoms with Gasteiger partial charge in [-0.2, -0.15) is 13.2 Å². The topological polar surface area (TPSA) is 73.3 Å². The van der Waals surface area contributed by atoms with Gasteiger partial charge in [-0.05, 0) is 37.6 Å². The van der Waals surface area contributed by atoms with Gasteiger partial charge in [-0.25, -0.2) is 4.39 Å². The second-order valence-electron chi connectivity index (χ2n) is 10.4. The van der Waals surface area contributed by atoms with Gasteiger partial charge in [0.05, 0.1) is 18.1 Å². The van der Waals surface area contributed by atoms with E-state index < -0.39 is 35.2 Å². The normalized spacial score (nSPS) is 28.2. The highest BCUT2D eigenvalue weighted by Gasteiger charge is 2.49. The number of amides is 1. The molecule has 3 saturated heterocycles. The molecule has 0 aliphatic carbocycles. The van der Waals surface area contributed by atoms with Gasteiger partial charge in [-0.1, -0.05) is 6.07 Å². The number of halogens is 4. The number of anilines is 1. The summed E-state index contributed by atoms with van der Waals surface area (Å²) in [5, 5.41) is 9.32. The van der Waals surface area contributed by atoms with E-state index in [2.05, 4.69) is 0 Å². The Morgan fingerprint density at radius 1 is 1.17 bits per heavy atom. The number of likely N-dealkylation sites (tertiary alicyclic amines) is 2. The minimum absolute atomic E-state index is 0.0198. The molecule has 3 aliphatic heterocycles. The number of methoxy groups -OCH3 is 1. The summed E-state index contributed by atoms with van der Waals surface area (Å²) in [4.78, 5) is 29.6. The molecule has 3 aliphatic rings.